The summed E-state index contributed by atoms with van der Waals surface area (Å²) in [7, 11) is 0. The van der Waals surface area contributed by atoms with Gasteiger partial charge < -0.3 is 15.1 Å². The maximum atomic E-state index is 12.7. The Labute approximate surface area is 161 Å². The van der Waals surface area contributed by atoms with Crippen molar-refractivity contribution < 1.29 is 14.0 Å². The Morgan fingerprint density at radius 1 is 0.929 bits per heavy atom. The van der Waals surface area contributed by atoms with Crippen LogP contribution >= 0.6 is 0 Å². The summed E-state index contributed by atoms with van der Waals surface area (Å²) in [6, 6.07) is 17.9. The minimum Gasteiger partial charge on any atom is -0.459 e. The van der Waals surface area contributed by atoms with E-state index < -0.39 is 0 Å². The Balaban J connectivity index is 1.54. The third-order valence-corrected chi connectivity index (χ3v) is 4.34. The number of pyridine rings is 1. The summed E-state index contributed by atoms with van der Waals surface area (Å²) in [5, 5.41) is 6.56. The average molecular weight is 371 g/mol. The molecule has 0 radical (unpaired) electrons. The molecule has 0 saturated carbocycles. The number of carbonyl (C=O) groups is 2. The van der Waals surface area contributed by atoms with Gasteiger partial charge in [-0.1, -0.05) is 24.3 Å². The van der Waals surface area contributed by atoms with Crippen molar-refractivity contribution in [1.82, 2.24) is 4.98 Å². The molecule has 0 atom stereocenters. The molecule has 0 unspecified atom stereocenters. The molecule has 6 heteroatoms. The molecule has 0 bridgehead atoms. The lowest BCUT2D eigenvalue weighted by atomic mass is 10.1. The maximum absolute atomic E-state index is 12.7. The van der Waals surface area contributed by atoms with Gasteiger partial charge in [0.15, 0.2) is 5.76 Å². The Hall–Kier alpha value is -3.93. The second-order valence-electron chi connectivity index (χ2n) is 6.33. The van der Waals surface area contributed by atoms with Gasteiger partial charge in [-0.2, -0.15) is 0 Å². The van der Waals surface area contributed by atoms with Gasteiger partial charge in [0.25, 0.3) is 11.8 Å². The number of hydrogen-bond acceptors (Lipinski definition) is 4. The third-order valence-electron chi connectivity index (χ3n) is 4.34. The number of fused-ring (bicyclic) bond motifs is 1. The summed E-state index contributed by atoms with van der Waals surface area (Å²) < 4.78 is 5.10. The van der Waals surface area contributed by atoms with E-state index in [0.29, 0.717) is 16.9 Å². The number of amides is 2. The van der Waals surface area contributed by atoms with Gasteiger partial charge in [-0.05, 0) is 48.9 Å². The Bertz CT molecular complexity index is 1170. The predicted molar refractivity (Wildman–Crippen MR) is 108 cm³/mol. The lowest BCUT2D eigenvalue weighted by Gasteiger charge is -2.11. The first-order valence-corrected chi connectivity index (χ1v) is 8.72. The van der Waals surface area contributed by atoms with Crippen LogP contribution in [0.1, 0.15) is 26.5 Å². The number of rotatable bonds is 4. The Morgan fingerprint density at radius 3 is 2.61 bits per heavy atom. The molecule has 2 aromatic heterocycles. The molecule has 0 saturated heterocycles. The van der Waals surface area contributed by atoms with Crippen molar-refractivity contribution in [3.63, 3.8) is 0 Å². The highest BCUT2D eigenvalue weighted by atomic mass is 16.3. The fraction of sp³-hybridized carbons (Fsp3) is 0.0455. The predicted octanol–water partition coefficient (Wildman–Crippen LogP) is 4.64. The van der Waals surface area contributed by atoms with Crippen molar-refractivity contribution in [2.24, 2.45) is 0 Å². The number of aromatic nitrogens is 1. The van der Waals surface area contributed by atoms with E-state index in [2.05, 4.69) is 15.6 Å². The van der Waals surface area contributed by atoms with Crippen LogP contribution in [0.2, 0.25) is 0 Å². The summed E-state index contributed by atoms with van der Waals surface area (Å²) in [6.07, 6.45) is 3.05. The van der Waals surface area contributed by atoms with Gasteiger partial charge in [-0.15, -0.1) is 0 Å². The third kappa shape index (κ3) is 3.61. The van der Waals surface area contributed by atoms with Crippen molar-refractivity contribution in [3.8, 4) is 0 Å². The van der Waals surface area contributed by atoms with Crippen molar-refractivity contribution in [2.75, 3.05) is 10.6 Å². The van der Waals surface area contributed by atoms with Gasteiger partial charge >= 0.3 is 0 Å². The van der Waals surface area contributed by atoms with E-state index in [0.717, 1.165) is 16.5 Å². The molecular formula is C22H17N3O3. The molecule has 0 aliphatic rings. The summed E-state index contributed by atoms with van der Waals surface area (Å²) >= 11 is 0. The number of nitrogens with one attached hydrogen (secondary N) is 2. The average Bonchev–Trinajstić information content (AvgIpc) is 3.24. The van der Waals surface area contributed by atoms with Gasteiger partial charge in [0.2, 0.25) is 0 Å². The van der Waals surface area contributed by atoms with Crippen LogP contribution in [-0.4, -0.2) is 16.8 Å². The normalized spacial score (nSPS) is 10.6. The zero-order chi connectivity index (χ0) is 19.5. The van der Waals surface area contributed by atoms with E-state index in [1.54, 1.807) is 36.5 Å². The van der Waals surface area contributed by atoms with Crippen LogP contribution in [0.15, 0.2) is 77.5 Å². The molecule has 6 nitrogen and oxygen atoms in total. The fourth-order valence-electron chi connectivity index (χ4n) is 2.83. The summed E-state index contributed by atoms with van der Waals surface area (Å²) in [5.41, 5.74) is 3.27. The highest BCUT2D eigenvalue weighted by Gasteiger charge is 2.13. The maximum Gasteiger partial charge on any atom is 0.291 e. The topological polar surface area (TPSA) is 84.2 Å². The monoisotopic (exact) mass is 371 g/mol. The standard InChI is InChI=1S/C22H17N3O3/c1-14-8-9-16(12-19(14)25-22(27)20-7-4-10-28-20)21(26)24-17-11-15-5-2-3-6-18(15)23-13-17/h2-13H,1H3,(H,24,26)(H,25,27). The molecule has 2 heterocycles. The van der Waals surface area contributed by atoms with E-state index >= 15 is 0 Å². The van der Waals surface area contributed by atoms with E-state index in [1.807, 2.05) is 37.3 Å². The smallest absolute Gasteiger partial charge is 0.291 e. The van der Waals surface area contributed by atoms with Crippen molar-refractivity contribution in [2.45, 2.75) is 6.92 Å². The molecule has 0 fully saturated rings. The zero-order valence-electron chi connectivity index (χ0n) is 15.1. The van der Waals surface area contributed by atoms with Gasteiger partial charge in [0.05, 0.1) is 23.7 Å². The molecule has 138 valence electrons. The molecule has 2 amide bonds. The largest absolute Gasteiger partial charge is 0.459 e. The molecule has 2 N–H and O–H groups in total. The first kappa shape index (κ1) is 17.5. The Kier molecular flexibility index (Phi) is 4.60. The summed E-state index contributed by atoms with van der Waals surface area (Å²) in [6.45, 7) is 1.85. The zero-order valence-corrected chi connectivity index (χ0v) is 15.1. The summed E-state index contributed by atoms with van der Waals surface area (Å²) in [4.78, 5) is 29.2. The second-order valence-corrected chi connectivity index (χ2v) is 6.33. The molecule has 0 spiro atoms. The first-order valence-electron chi connectivity index (χ1n) is 8.72. The number of para-hydroxylation sites is 1. The molecule has 28 heavy (non-hydrogen) atoms. The molecule has 4 aromatic rings. The van der Waals surface area contributed by atoms with Crippen LogP contribution in [0.25, 0.3) is 10.9 Å². The van der Waals surface area contributed by atoms with Crippen LogP contribution in [-0.2, 0) is 0 Å². The van der Waals surface area contributed by atoms with Crippen molar-refractivity contribution >= 4 is 34.1 Å². The van der Waals surface area contributed by atoms with E-state index in [9.17, 15) is 9.59 Å². The minimum atomic E-state index is -0.371. The van der Waals surface area contributed by atoms with Gasteiger partial charge in [0.1, 0.15) is 0 Å². The Morgan fingerprint density at radius 2 is 1.79 bits per heavy atom. The van der Waals surface area contributed by atoms with Crippen molar-refractivity contribution in [3.05, 3.63) is 90.0 Å². The van der Waals surface area contributed by atoms with Crippen molar-refractivity contribution in [1.29, 1.82) is 0 Å². The highest BCUT2D eigenvalue weighted by Crippen LogP contribution is 2.20. The number of aryl methyl sites for hydroxylation is 1. The van der Waals surface area contributed by atoms with Crippen LogP contribution in [0.5, 0.6) is 0 Å². The number of nitrogens with zero attached hydrogens (tertiary/aromatic N) is 1. The van der Waals surface area contributed by atoms with Crippen LogP contribution in [0, 0.1) is 6.92 Å². The lowest BCUT2D eigenvalue weighted by molar-refractivity contribution is 0.0993. The van der Waals surface area contributed by atoms with Crippen LogP contribution < -0.4 is 10.6 Å². The molecule has 2 aromatic carbocycles. The summed E-state index contributed by atoms with van der Waals surface area (Å²) in [5.74, 6) is -0.452. The van der Waals surface area contributed by atoms with E-state index in [-0.39, 0.29) is 17.6 Å². The molecule has 0 aliphatic heterocycles. The van der Waals surface area contributed by atoms with E-state index in [1.165, 1.54) is 6.26 Å². The molecule has 0 aliphatic carbocycles. The number of benzene rings is 2. The SMILES string of the molecule is Cc1ccc(C(=O)Nc2cnc3ccccc3c2)cc1NC(=O)c1ccco1. The molecule has 4 rings (SSSR count). The number of hydrogen-bond donors (Lipinski definition) is 2. The van der Waals surface area contributed by atoms with Gasteiger partial charge in [-0.25, -0.2) is 0 Å². The highest BCUT2D eigenvalue weighted by molar-refractivity contribution is 6.07. The minimum absolute atomic E-state index is 0.205. The van der Waals surface area contributed by atoms with Gasteiger partial charge in [-0.3, -0.25) is 14.6 Å². The number of furan rings is 1. The number of carbonyl (C=O) groups excluding carboxylic acids is 2. The fourth-order valence-corrected chi connectivity index (χ4v) is 2.83. The van der Waals surface area contributed by atoms with Crippen LogP contribution in [0.4, 0.5) is 11.4 Å². The second kappa shape index (κ2) is 7.36. The van der Waals surface area contributed by atoms with E-state index in [4.69, 9.17) is 4.42 Å². The lowest BCUT2D eigenvalue weighted by Crippen LogP contribution is -2.15. The van der Waals surface area contributed by atoms with Crippen LogP contribution in [0.3, 0.4) is 0 Å². The number of anilines is 2. The first-order chi connectivity index (χ1) is 13.6. The quantitative estimate of drug-likeness (QED) is 0.547. The molecular weight excluding hydrogens is 354 g/mol. The van der Waals surface area contributed by atoms with Gasteiger partial charge in [0, 0.05) is 16.6 Å².